The topological polar surface area (TPSA) is 78.5 Å². The van der Waals surface area contributed by atoms with E-state index in [-0.39, 0.29) is 17.4 Å². The fourth-order valence-corrected chi connectivity index (χ4v) is 4.01. The molecule has 7 nitrogen and oxygen atoms in total. The summed E-state index contributed by atoms with van der Waals surface area (Å²) in [6.07, 6.45) is 0.850. The highest BCUT2D eigenvalue weighted by molar-refractivity contribution is 9.10. The van der Waals surface area contributed by atoms with Crippen LogP contribution in [0.1, 0.15) is 49.2 Å². The van der Waals surface area contributed by atoms with Crippen molar-refractivity contribution in [3.63, 3.8) is 0 Å². The Balaban J connectivity index is 2.04. The van der Waals surface area contributed by atoms with Gasteiger partial charge < -0.3 is 19.5 Å². The van der Waals surface area contributed by atoms with Crippen molar-refractivity contribution in [2.75, 3.05) is 39.8 Å². The molecule has 2 heterocycles. The van der Waals surface area contributed by atoms with E-state index in [4.69, 9.17) is 4.74 Å². The van der Waals surface area contributed by atoms with Gasteiger partial charge in [0.2, 0.25) is 0 Å². The molecule has 162 valence electrons. The van der Waals surface area contributed by atoms with E-state index >= 15 is 0 Å². The van der Waals surface area contributed by atoms with Crippen molar-refractivity contribution in [3.8, 4) is 17.1 Å². The lowest BCUT2D eigenvalue weighted by Gasteiger charge is -2.32. The Morgan fingerprint density at radius 1 is 1.27 bits per heavy atom. The molecule has 1 saturated heterocycles. The van der Waals surface area contributed by atoms with E-state index in [1.165, 1.54) is 0 Å². The number of hydrogen-bond acceptors (Lipinski definition) is 5. The summed E-state index contributed by atoms with van der Waals surface area (Å²) in [6.45, 7) is 9.65. The molecule has 0 bridgehead atoms. The third kappa shape index (κ3) is 4.92. The van der Waals surface area contributed by atoms with Crippen molar-refractivity contribution in [2.24, 2.45) is 0 Å². The first-order valence-corrected chi connectivity index (χ1v) is 11.2. The van der Waals surface area contributed by atoms with Crippen LogP contribution >= 0.6 is 15.9 Å². The summed E-state index contributed by atoms with van der Waals surface area (Å²) in [6, 6.07) is 5.36. The van der Waals surface area contributed by atoms with Crippen LogP contribution in [0.2, 0.25) is 0 Å². The Labute approximate surface area is 185 Å². The normalized spacial score (nSPS) is 14.9. The minimum absolute atomic E-state index is 0.0186. The molecule has 1 aromatic heterocycles. The Morgan fingerprint density at radius 3 is 2.60 bits per heavy atom. The first-order chi connectivity index (χ1) is 14.3. The van der Waals surface area contributed by atoms with Crippen LogP contribution < -0.4 is 10.3 Å². The minimum atomic E-state index is -0.249. The third-order valence-electron chi connectivity index (χ3n) is 5.17. The zero-order valence-electron chi connectivity index (χ0n) is 18.0. The molecular formula is C22H29BrN4O3. The Kier molecular flexibility index (Phi) is 7.31. The summed E-state index contributed by atoms with van der Waals surface area (Å²) in [5.41, 5.74) is 1.61. The first-order valence-electron chi connectivity index (χ1n) is 10.4. The standard InChI is InChI=1S/C22H29BrN4O3/c1-5-12-30-17-7-6-15(22(29)27-10-8-26(4)9-11-27)13-16(17)20-24-19(14(2)3)18(23)21(28)25-20/h6-7,13-14H,5,8-12H2,1-4H3,(H,24,25,28). The molecule has 2 aromatic rings. The molecule has 0 spiro atoms. The summed E-state index contributed by atoms with van der Waals surface area (Å²) in [5.74, 6) is 1.06. The van der Waals surface area contributed by atoms with E-state index in [0.29, 0.717) is 52.6 Å². The fourth-order valence-electron chi connectivity index (χ4n) is 3.36. The molecule has 0 saturated carbocycles. The number of aromatic amines is 1. The molecule has 0 atom stereocenters. The molecule has 1 fully saturated rings. The minimum Gasteiger partial charge on any atom is -0.493 e. The lowest BCUT2D eigenvalue weighted by atomic mass is 10.1. The van der Waals surface area contributed by atoms with Crippen molar-refractivity contribution >= 4 is 21.8 Å². The average molecular weight is 477 g/mol. The van der Waals surface area contributed by atoms with Crippen LogP contribution in [0.3, 0.4) is 0 Å². The van der Waals surface area contributed by atoms with E-state index in [9.17, 15) is 9.59 Å². The maximum Gasteiger partial charge on any atom is 0.265 e. The Hall–Kier alpha value is -2.19. The molecule has 1 N–H and O–H groups in total. The van der Waals surface area contributed by atoms with Gasteiger partial charge in [-0.05, 0) is 53.5 Å². The molecule has 0 radical (unpaired) electrons. The van der Waals surface area contributed by atoms with Crippen LogP contribution in [0.15, 0.2) is 27.5 Å². The second kappa shape index (κ2) is 9.75. The zero-order chi connectivity index (χ0) is 21.8. The van der Waals surface area contributed by atoms with Crippen molar-refractivity contribution in [1.29, 1.82) is 0 Å². The van der Waals surface area contributed by atoms with Gasteiger partial charge in [0.1, 0.15) is 16.0 Å². The predicted molar refractivity (Wildman–Crippen MR) is 121 cm³/mol. The number of nitrogens with zero attached hydrogens (tertiary/aromatic N) is 3. The van der Waals surface area contributed by atoms with Crippen LogP contribution in [-0.2, 0) is 0 Å². The van der Waals surface area contributed by atoms with Crippen LogP contribution in [0.4, 0.5) is 0 Å². The van der Waals surface area contributed by atoms with Gasteiger partial charge in [0.25, 0.3) is 11.5 Å². The van der Waals surface area contributed by atoms with E-state index in [1.54, 1.807) is 18.2 Å². The highest BCUT2D eigenvalue weighted by Gasteiger charge is 2.23. The predicted octanol–water partition coefficient (Wildman–Crippen LogP) is 3.50. The number of halogens is 1. The number of hydrogen-bond donors (Lipinski definition) is 1. The van der Waals surface area contributed by atoms with Gasteiger partial charge in [0, 0.05) is 31.7 Å². The van der Waals surface area contributed by atoms with Crippen molar-refractivity contribution in [3.05, 3.63) is 44.3 Å². The summed E-state index contributed by atoms with van der Waals surface area (Å²) < 4.78 is 6.33. The third-order valence-corrected chi connectivity index (χ3v) is 5.94. The van der Waals surface area contributed by atoms with Crippen LogP contribution in [-0.4, -0.2) is 65.5 Å². The largest absolute Gasteiger partial charge is 0.493 e. The summed E-state index contributed by atoms with van der Waals surface area (Å²) in [4.78, 5) is 37.2. The monoisotopic (exact) mass is 476 g/mol. The van der Waals surface area contributed by atoms with E-state index in [1.807, 2.05) is 25.7 Å². The summed E-state index contributed by atoms with van der Waals surface area (Å²) in [5, 5.41) is 0. The highest BCUT2D eigenvalue weighted by Crippen LogP contribution is 2.31. The van der Waals surface area contributed by atoms with E-state index in [0.717, 1.165) is 19.5 Å². The fraction of sp³-hybridized carbons (Fsp3) is 0.500. The second-order valence-corrected chi connectivity index (χ2v) is 8.72. The first kappa shape index (κ1) is 22.5. The number of aromatic nitrogens is 2. The lowest BCUT2D eigenvalue weighted by Crippen LogP contribution is -2.47. The van der Waals surface area contributed by atoms with Crippen molar-refractivity contribution in [1.82, 2.24) is 19.8 Å². The van der Waals surface area contributed by atoms with Gasteiger partial charge in [-0.2, -0.15) is 0 Å². The van der Waals surface area contributed by atoms with Crippen molar-refractivity contribution < 1.29 is 9.53 Å². The number of nitrogens with one attached hydrogen (secondary N) is 1. The number of piperazine rings is 1. The number of H-pyrrole nitrogens is 1. The number of rotatable bonds is 6. The average Bonchev–Trinajstić information content (AvgIpc) is 2.73. The molecule has 1 aliphatic heterocycles. The molecular weight excluding hydrogens is 448 g/mol. The molecule has 1 aliphatic rings. The van der Waals surface area contributed by atoms with E-state index < -0.39 is 0 Å². The second-order valence-electron chi connectivity index (χ2n) is 7.92. The highest BCUT2D eigenvalue weighted by atomic mass is 79.9. The SMILES string of the molecule is CCCOc1ccc(C(=O)N2CCN(C)CC2)cc1-c1nc(C(C)C)c(Br)c(=O)[nH]1. The van der Waals surface area contributed by atoms with Crippen LogP contribution in [0.25, 0.3) is 11.4 Å². The molecule has 3 rings (SSSR count). The quantitative estimate of drug-likeness (QED) is 0.689. The number of amides is 1. The van der Waals surface area contributed by atoms with Crippen LogP contribution in [0, 0.1) is 0 Å². The summed E-state index contributed by atoms with van der Waals surface area (Å²) in [7, 11) is 2.06. The lowest BCUT2D eigenvalue weighted by molar-refractivity contribution is 0.0664. The van der Waals surface area contributed by atoms with Gasteiger partial charge in [-0.3, -0.25) is 9.59 Å². The van der Waals surface area contributed by atoms with Gasteiger partial charge in [-0.25, -0.2) is 4.98 Å². The number of ether oxygens (including phenoxy) is 1. The van der Waals surface area contributed by atoms with E-state index in [2.05, 4.69) is 37.8 Å². The van der Waals surface area contributed by atoms with Gasteiger partial charge >= 0.3 is 0 Å². The van der Waals surface area contributed by atoms with Gasteiger partial charge in [0.05, 0.1) is 17.9 Å². The number of carbonyl (C=O) groups is 1. The maximum atomic E-state index is 13.1. The van der Waals surface area contributed by atoms with Gasteiger partial charge in [0.15, 0.2) is 0 Å². The number of benzene rings is 1. The Morgan fingerprint density at radius 2 is 1.97 bits per heavy atom. The molecule has 0 unspecified atom stereocenters. The molecule has 8 heteroatoms. The molecule has 1 aromatic carbocycles. The maximum absolute atomic E-state index is 13.1. The zero-order valence-corrected chi connectivity index (χ0v) is 19.6. The molecule has 1 amide bonds. The van der Waals surface area contributed by atoms with Crippen LogP contribution in [0.5, 0.6) is 5.75 Å². The number of carbonyl (C=O) groups excluding carboxylic acids is 1. The molecule has 0 aliphatic carbocycles. The van der Waals surface area contributed by atoms with Crippen molar-refractivity contribution in [2.45, 2.75) is 33.1 Å². The smallest absolute Gasteiger partial charge is 0.265 e. The molecule has 30 heavy (non-hydrogen) atoms. The van der Waals surface area contributed by atoms with Gasteiger partial charge in [-0.1, -0.05) is 20.8 Å². The van der Waals surface area contributed by atoms with Gasteiger partial charge in [-0.15, -0.1) is 0 Å². The summed E-state index contributed by atoms with van der Waals surface area (Å²) >= 11 is 3.34. The Bertz CT molecular complexity index is 965. The number of likely N-dealkylation sites (N-methyl/N-ethyl adjacent to an activating group) is 1.